The first-order valence-electron chi connectivity index (χ1n) is 6.22. The zero-order chi connectivity index (χ0) is 14.7. The maximum Gasteiger partial charge on any atom is 0.303 e. The van der Waals surface area contributed by atoms with E-state index in [0.29, 0.717) is 5.71 Å². The maximum atomic E-state index is 11.0. The fraction of sp³-hybridized carbons (Fsp3) is 0.467. The van der Waals surface area contributed by atoms with Gasteiger partial charge in [-0.05, 0) is 11.0 Å². The summed E-state index contributed by atoms with van der Waals surface area (Å²) in [5.41, 5.74) is 0.172. The summed E-state index contributed by atoms with van der Waals surface area (Å²) in [5.74, 6) is -0.858. The van der Waals surface area contributed by atoms with Crippen molar-refractivity contribution < 1.29 is 15.1 Å². The van der Waals surface area contributed by atoms with Crippen LogP contribution in [0.5, 0.6) is 0 Å². The highest BCUT2D eigenvalue weighted by Crippen LogP contribution is 2.44. The monoisotopic (exact) mass is 263 g/mol. The van der Waals surface area contributed by atoms with Crippen LogP contribution in [0.3, 0.4) is 0 Å². The van der Waals surface area contributed by atoms with Crippen molar-refractivity contribution in [3.63, 3.8) is 0 Å². The van der Waals surface area contributed by atoms with Gasteiger partial charge in [0.1, 0.15) is 0 Å². The Morgan fingerprint density at radius 1 is 1.16 bits per heavy atom. The van der Waals surface area contributed by atoms with Gasteiger partial charge in [-0.15, -0.1) is 0 Å². The van der Waals surface area contributed by atoms with Gasteiger partial charge in [0.25, 0.3) is 0 Å². The fourth-order valence-corrected chi connectivity index (χ4v) is 2.06. The molecule has 0 aliphatic heterocycles. The van der Waals surface area contributed by atoms with Crippen molar-refractivity contribution >= 4 is 11.7 Å². The van der Waals surface area contributed by atoms with Gasteiger partial charge in [0.15, 0.2) is 0 Å². The van der Waals surface area contributed by atoms with Crippen LogP contribution in [0.1, 0.15) is 39.7 Å². The van der Waals surface area contributed by atoms with Crippen molar-refractivity contribution in [1.29, 1.82) is 0 Å². The molecule has 4 nitrogen and oxygen atoms in total. The quantitative estimate of drug-likeness (QED) is 0.486. The second kappa shape index (κ2) is 5.43. The minimum atomic E-state index is -0.858. The van der Waals surface area contributed by atoms with Gasteiger partial charge in [0, 0.05) is 5.41 Å². The Kier molecular flexibility index (Phi) is 4.35. The highest BCUT2D eigenvalue weighted by molar-refractivity contribution is 6.04. The molecule has 1 aromatic rings. The molecule has 0 radical (unpaired) electrons. The van der Waals surface area contributed by atoms with E-state index in [2.05, 4.69) is 5.16 Å². The van der Waals surface area contributed by atoms with Crippen LogP contribution in [0.2, 0.25) is 0 Å². The lowest BCUT2D eigenvalue weighted by atomic mass is 9.62. The zero-order valence-electron chi connectivity index (χ0n) is 11.8. The summed E-state index contributed by atoms with van der Waals surface area (Å²) in [6.45, 7) is 7.54. The number of benzene rings is 1. The summed E-state index contributed by atoms with van der Waals surface area (Å²) >= 11 is 0. The van der Waals surface area contributed by atoms with E-state index in [0.717, 1.165) is 5.56 Å². The average Bonchev–Trinajstić information content (AvgIpc) is 2.29. The molecule has 4 heteroatoms. The van der Waals surface area contributed by atoms with E-state index in [1.807, 2.05) is 58.0 Å². The van der Waals surface area contributed by atoms with Gasteiger partial charge in [-0.25, -0.2) is 0 Å². The molecule has 104 valence electrons. The zero-order valence-corrected chi connectivity index (χ0v) is 11.8. The Morgan fingerprint density at radius 3 is 2.11 bits per heavy atom. The first kappa shape index (κ1) is 15.2. The minimum Gasteiger partial charge on any atom is -0.481 e. The second-order valence-electron chi connectivity index (χ2n) is 5.89. The van der Waals surface area contributed by atoms with Crippen LogP contribution in [0.4, 0.5) is 0 Å². The molecule has 0 aromatic heterocycles. The van der Waals surface area contributed by atoms with Crippen molar-refractivity contribution in [2.45, 2.75) is 34.1 Å². The van der Waals surface area contributed by atoms with E-state index >= 15 is 0 Å². The molecule has 0 bridgehead atoms. The third-order valence-electron chi connectivity index (χ3n) is 4.02. The number of hydrogen-bond acceptors (Lipinski definition) is 3. The smallest absolute Gasteiger partial charge is 0.303 e. The molecule has 0 amide bonds. The van der Waals surface area contributed by atoms with E-state index in [4.69, 9.17) is 5.11 Å². The molecule has 0 atom stereocenters. The number of aliphatic carboxylic acids is 1. The van der Waals surface area contributed by atoms with Crippen LogP contribution in [-0.2, 0) is 4.79 Å². The molecule has 2 N–H and O–H groups in total. The standard InChI is InChI=1S/C15H21NO3/c1-14(2,10-12(17)18)15(3,4)13(16-19)11-8-6-5-7-9-11/h5-9,19H,10H2,1-4H3,(H,17,18)/b16-13-. The highest BCUT2D eigenvalue weighted by atomic mass is 16.4. The summed E-state index contributed by atoms with van der Waals surface area (Å²) in [7, 11) is 0. The number of carbonyl (C=O) groups is 1. The van der Waals surface area contributed by atoms with E-state index in [1.54, 1.807) is 0 Å². The fourth-order valence-electron chi connectivity index (χ4n) is 2.06. The van der Waals surface area contributed by atoms with Crippen LogP contribution in [0, 0.1) is 10.8 Å². The predicted molar refractivity (Wildman–Crippen MR) is 74.6 cm³/mol. The van der Waals surface area contributed by atoms with Gasteiger partial charge in [0.05, 0.1) is 12.1 Å². The molecule has 0 saturated heterocycles. The Bertz CT molecular complexity index is 475. The minimum absolute atomic E-state index is 0.00581. The van der Waals surface area contributed by atoms with Gasteiger partial charge in [-0.1, -0.05) is 63.2 Å². The van der Waals surface area contributed by atoms with Crippen molar-refractivity contribution in [1.82, 2.24) is 0 Å². The molecule has 0 unspecified atom stereocenters. The molecule has 19 heavy (non-hydrogen) atoms. The number of nitrogens with zero attached hydrogens (tertiary/aromatic N) is 1. The molecule has 0 aliphatic carbocycles. The Morgan fingerprint density at radius 2 is 1.68 bits per heavy atom. The normalized spacial score (nSPS) is 13.4. The summed E-state index contributed by atoms with van der Waals surface area (Å²) < 4.78 is 0. The predicted octanol–water partition coefficient (Wildman–Crippen LogP) is 3.39. The number of hydrogen-bond donors (Lipinski definition) is 2. The molecule has 1 rings (SSSR count). The van der Waals surface area contributed by atoms with Gasteiger partial charge in [-0.3, -0.25) is 4.79 Å². The second-order valence-corrected chi connectivity index (χ2v) is 5.89. The summed E-state index contributed by atoms with van der Waals surface area (Å²) in [4.78, 5) is 11.0. The van der Waals surface area contributed by atoms with E-state index < -0.39 is 16.8 Å². The van der Waals surface area contributed by atoms with Crippen molar-refractivity contribution in [2.24, 2.45) is 16.0 Å². The summed E-state index contributed by atoms with van der Waals surface area (Å²) in [6.07, 6.45) is 0.00581. The van der Waals surface area contributed by atoms with Gasteiger partial charge >= 0.3 is 5.97 Å². The van der Waals surface area contributed by atoms with Crippen LogP contribution in [-0.4, -0.2) is 22.0 Å². The van der Waals surface area contributed by atoms with Crippen LogP contribution in [0.15, 0.2) is 35.5 Å². The van der Waals surface area contributed by atoms with Gasteiger partial charge in [0.2, 0.25) is 0 Å². The molecular weight excluding hydrogens is 242 g/mol. The maximum absolute atomic E-state index is 11.0. The largest absolute Gasteiger partial charge is 0.481 e. The van der Waals surface area contributed by atoms with Crippen LogP contribution >= 0.6 is 0 Å². The molecule has 0 fully saturated rings. The van der Waals surface area contributed by atoms with Gasteiger partial charge < -0.3 is 10.3 Å². The summed E-state index contributed by atoms with van der Waals surface area (Å²) in [6, 6.07) is 9.32. The first-order chi connectivity index (χ1) is 8.72. The molecular formula is C15H21NO3. The Balaban J connectivity index is 3.20. The summed E-state index contributed by atoms with van der Waals surface area (Å²) in [5, 5.41) is 21.8. The van der Waals surface area contributed by atoms with Crippen LogP contribution in [0.25, 0.3) is 0 Å². The van der Waals surface area contributed by atoms with E-state index in [9.17, 15) is 10.0 Å². The number of carboxylic acids is 1. The van der Waals surface area contributed by atoms with Crippen molar-refractivity contribution in [2.75, 3.05) is 0 Å². The van der Waals surface area contributed by atoms with E-state index in [1.165, 1.54) is 0 Å². The molecule has 0 spiro atoms. The molecule has 1 aromatic carbocycles. The average molecular weight is 263 g/mol. The Hall–Kier alpha value is -1.84. The third kappa shape index (κ3) is 3.13. The van der Waals surface area contributed by atoms with E-state index in [-0.39, 0.29) is 6.42 Å². The number of carboxylic acid groups (broad SMARTS) is 1. The SMILES string of the molecule is CC(C)(CC(=O)O)C(C)(C)/C(=N\O)c1ccccc1. The molecule has 0 saturated carbocycles. The lowest BCUT2D eigenvalue weighted by molar-refractivity contribution is -0.140. The van der Waals surface area contributed by atoms with Crippen molar-refractivity contribution in [3.8, 4) is 0 Å². The lowest BCUT2D eigenvalue weighted by Gasteiger charge is -2.41. The lowest BCUT2D eigenvalue weighted by Crippen LogP contribution is -2.41. The number of oxime groups is 1. The van der Waals surface area contributed by atoms with Crippen LogP contribution < -0.4 is 0 Å². The van der Waals surface area contributed by atoms with Gasteiger partial charge in [-0.2, -0.15) is 0 Å². The van der Waals surface area contributed by atoms with Crippen molar-refractivity contribution in [3.05, 3.63) is 35.9 Å². The first-order valence-corrected chi connectivity index (χ1v) is 6.22. The molecule has 0 aliphatic rings. The molecule has 0 heterocycles. The Labute approximate surface area is 113 Å². The third-order valence-corrected chi connectivity index (χ3v) is 4.02. The highest BCUT2D eigenvalue weighted by Gasteiger charge is 2.43. The topological polar surface area (TPSA) is 69.9 Å². The number of rotatable bonds is 5.